The van der Waals surface area contributed by atoms with Gasteiger partial charge < -0.3 is 14.6 Å². The summed E-state index contributed by atoms with van der Waals surface area (Å²) in [6.07, 6.45) is 1.30. The molecule has 0 radical (unpaired) electrons. The first kappa shape index (κ1) is 15.1. The van der Waals surface area contributed by atoms with Gasteiger partial charge in [0.05, 0.1) is 24.9 Å². The molecule has 0 amide bonds. The standard InChI is InChI=1S/C17H23ClO3/c1-9-10(2)21-11(3)16(9)15(19)8-13-7-14(18)6-12-4-5-20-17(12)13/h6-7,9-11,15-16,19H,4-5,8H2,1-3H3. The predicted octanol–water partition coefficient (Wildman–Crippen LogP) is 3.24. The van der Waals surface area contributed by atoms with Crippen LogP contribution in [0.25, 0.3) is 0 Å². The first-order valence-electron chi connectivity index (χ1n) is 7.75. The van der Waals surface area contributed by atoms with E-state index in [0.717, 1.165) is 28.3 Å². The van der Waals surface area contributed by atoms with Gasteiger partial charge >= 0.3 is 0 Å². The number of aliphatic hydroxyl groups is 1. The second-order valence-corrected chi connectivity index (χ2v) is 6.84. The monoisotopic (exact) mass is 310 g/mol. The maximum absolute atomic E-state index is 10.7. The van der Waals surface area contributed by atoms with Crippen molar-refractivity contribution in [2.24, 2.45) is 11.8 Å². The third-order valence-electron chi connectivity index (χ3n) is 5.02. The van der Waals surface area contributed by atoms with E-state index in [9.17, 15) is 5.11 Å². The Morgan fingerprint density at radius 3 is 2.71 bits per heavy atom. The van der Waals surface area contributed by atoms with Crippen LogP contribution in [0.3, 0.4) is 0 Å². The molecule has 3 rings (SSSR count). The Balaban J connectivity index is 1.81. The van der Waals surface area contributed by atoms with Crippen LogP contribution in [-0.2, 0) is 17.6 Å². The molecule has 5 atom stereocenters. The van der Waals surface area contributed by atoms with Crippen LogP contribution in [0.5, 0.6) is 5.75 Å². The molecule has 3 nitrogen and oxygen atoms in total. The van der Waals surface area contributed by atoms with E-state index in [-0.39, 0.29) is 18.1 Å². The Kier molecular flexibility index (Phi) is 4.17. The minimum absolute atomic E-state index is 0.0816. The summed E-state index contributed by atoms with van der Waals surface area (Å²) in [6.45, 7) is 6.98. The van der Waals surface area contributed by atoms with Crippen LogP contribution in [0.1, 0.15) is 31.9 Å². The van der Waals surface area contributed by atoms with E-state index in [4.69, 9.17) is 21.1 Å². The zero-order valence-electron chi connectivity index (χ0n) is 12.8. The van der Waals surface area contributed by atoms with Crippen LogP contribution < -0.4 is 4.74 Å². The highest BCUT2D eigenvalue weighted by Gasteiger charge is 2.41. The van der Waals surface area contributed by atoms with E-state index in [1.165, 1.54) is 0 Å². The van der Waals surface area contributed by atoms with Gasteiger partial charge in [-0.05, 0) is 43.0 Å². The van der Waals surface area contributed by atoms with Gasteiger partial charge in [-0.25, -0.2) is 0 Å². The van der Waals surface area contributed by atoms with Crippen molar-refractivity contribution in [2.75, 3.05) is 6.61 Å². The molecule has 21 heavy (non-hydrogen) atoms. The Bertz CT molecular complexity index is 531. The van der Waals surface area contributed by atoms with E-state index >= 15 is 0 Å². The van der Waals surface area contributed by atoms with Crippen molar-refractivity contribution < 1.29 is 14.6 Å². The lowest BCUT2D eigenvalue weighted by molar-refractivity contribution is 0.0238. The highest BCUT2D eigenvalue weighted by Crippen LogP contribution is 2.38. The second kappa shape index (κ2) is 5.79. The number of halogens is 1. The molecule has 1 fully saturated rings. The van der Waals surface area contributed by atoms with Crippen LogP contribution in [0.2, 0.25) is 5.02 Å². The molecular weight excluding hydrogens is 288 g/mol. The van der Waals surface area contributed by atoms with E-state index in [2.05, 4.69) is 13.8 Å². The lowest BCUT2D eigenvalue weighted by Gasteiger charge is -2.25. The van der Waals surface area contributed by atoms with Crippen LogP contribution >= 0.6 is 11.6 Å². The highest BCUT2D eigenvalue weighted by molar-refractivity contribution is 6.30. The topological polar surface area (TPSA) is 38.7 Å². The summed E-state index contributed by atoms with van der Waals surface area (Å²) >= 11 is 6.19. The fourth-order valence-electron chi connectivity index (χ4n) is 3.82. The first-order valence-corrected chi connectivity index (χ1v) is 8.12. The number of aliphatic hydroxyl groups excluding tert-OH is 1. The molecule has 116 valence electrons. The molecule has 1 N–H and O–H groups in total. The summed E-state index contributed by atoms with van der Waals surface area (Å²) < 4.78 is 11.6. The third-order valence-corrected chi connectivity index (χ3v) is 5.24. The SMILES string of the molecule is CC1OC(C)C(C(O)Cc2cc(Cl)cc3c2OCC3)C1C. The van der Waals surface area contributed by atoms with Crippen LogP contribution in [0.15, 0.2) is 12.1 Å². The number of hydrogen-bond donors (Lipinski definition) is 1. The number of hydrogen-bond acceptors (Lipinski definition) is 3. The molecule has 2 aliphatic heterocycles. The van der Waals surface area contributed by atoms with E-state index in [0.29, 0.717) is 18.9 Å². The fourth-order valence-corrected chi connectivity index (χ4v) is 4.08. The van der Waals surface area contributed by atoms with Crippen molar-refractivity contribution in [3.05, 3.63) is 28.3 Å². The van der Waals surface area contributed by atoms with Crippen molar-refractivity contribution in [1.29, 1.82) is 0 Å². The Morgan fingerprint density at radius 2 is 2.05 bits per heavy atom. The summed E-state index contributed by atoms with van der Waals surface area (Å²) in [5.41, 5.74) is 2.17. The van der Waals surface area contributed by atoms with Crippen molar-refractivity contribution in [1.82, 2.24) is 0 Å². The Morgan fingerprint density at radius 1 is 1.29 bits per heavy atom. The molecule has 0 bridgehead atoms. The molecule has 1 saturated heterocycles. The molecule has 1 aromatic carbocycles. The molecule has 1 aromatic rings. The molecule has 4 heteroatoms. The minimum Gasteiger partial charge on any atom is -0.493 e. The normalized spacial score (nSPS) is 32.8. The van der Waals surface area contributed by atoms with Gasteiger partial charge in [-0.3, -0.25) is 0 Å². The molecule has 2 heterocycles. The lowest BCUT2D eigenvalue weighted by atomic mass is 9.82. The number of fused-ring (bicyclic) bond motifs is 1. The van der Waals surface area contributed by atoms with E-state index < -0.39 is 6.10 Å². The van der Waals surface area contributed by atoms with Crippen molar-refractivity contribution in [3.63, 3.8) is 0 Å². The average Bonchev–Trinajstić information content (AvgIpc) is 2.95. The third kappa shape index (κ3) is 2.79. The fraction of sp³-hybridized carbons (Fsp3) is 0.647. The van der Waals surface area contributed by atoms with Crippen molar-refractivity contribution in [2.45, 2.75) is 51.9 Å². The first-order chi connectivity index (χ1) is 9.97. The summed E-state index contributed by atoms with van der Waals surface area (Å²) in [4.78, 5) is 0. The van der Waals surface area contributed by atoms with Crippen molar-refractivity contribution in [3.8, 4) is 5.75 Å². The Labute approximate surface area is 131 Å². The van der Waals surface area contributed by atoms with Gasteiger partial charge in [0.15, 0.2) is 0 Å². The quantitative estimate of drug-likeness (QED) is 0.931. The zero-order valence-corrected chi connectivity index (χ0v) is 13.6. The minimum atomic E-state index is -0.438. The number of benzene rings is 1. The second-order valence-electron chi connectivity index (χ2n) is 6.41. The molecule has 0 aliphatic carbocycles. The average molecular weight is 311 g/mol. The molecular formula is C17H23ClO3. The molecule has 0 spiro atoms. The zero-order chi connectivity index (χ0) is 15.1. The van der Waals surface area contributed by atoms with Gasteiger partial charge in [-0.2, -0.15) is 0 Å². The number of ether oxygens (including phenoxy) is 2. The van der Waals surface area contributed by atoms with Gasteiger partial charge in [0, 0.05) is 23.8 Å². The maximum atomic E-state index is 10.7. The van der Waals surface area contributed by atoms with E-state index in [1.54, 1.807) is 0 Å². The van der Waals surface area contributed by atoms with Gasteiger partial charge in [-0.15, -0.1) is 0 Å². The van der Waals surface area contributed by atoms with Gasteiger partial charge in [-0.1, -0.05) is 18.5 Å². The van der Waals surface area contributed by atoms with Crippen LogP contribution in [-0.4, -0.2) is 30.0 Å². The largest absolute Gasteiger partial charge is 0.493 e. The highest BCUT2D eigenvalue weighted by atomic mass is 35.5. The lowest BCUT2D eigenvalue weighted by Crippen LogP contribution is -2.32. The smallest absolute Gasteiger partial charge is 0.126 e. The van der Waals surface area contributed by atoms with Gasteiger partial charge in [0.2, 0.25) is 0 Å². The van der Waals surface area contributed by atoms with Crippen LogP contribution in [0.4, 0.5) is 0 Å². The number of rotatable bonds is 3. The van der Waals surface area contributed by atoms with Crippen LogP contribution in [0, 0.1) is 11.8 Å². The van der Waals surface area contributed by atoms with Gasteiger partial charge in [0.25, 0.3) is 0 Å². The van der Waals surface area contributed by atoms with E-state index in [1.807, 2.05) is 19.1 Å². The predicted molar refractivity (Wildman–Crippen MR) is 83.0 cm³/mol. The molecule has 5 unspecified atom stereocenters. The summed E-state index contributed by atoms with van der Waals surface area (Å²) in [5, 5.41) is 11.4. The molecule has 0 saturated carbocycles. The summed E-state index contributed by atoms with van der Waals surface area (Å²) in [5.74, 6) is 1.42. The molecule has 2 aliphatic rings. The van der Waals surface area contributed by atoms with Gasteiger partial charge in [0.1, 0.15) is 5.75 Å². The molecule has 0 aromatic heterocycles. The Hall–Kier alpha value is -0.770. The maximum Gasteiger partial charge on any atom is 0.126 e. The summed E-state index contributed by atoms with van der Waals surface area (Å²) in [6, 6.07) is 3.88. The summed E-state index contributed by atoms with van der Waals surface area (Å²) in [7, 11) is 0. The van der Waals surface area contributed by atoms with Crippen molar-refractivity contribution >= 4 is 11.6 Å².